The van der Waals surface area contributed by atoms with E-state index in [9.17, 15) is 13.2 Å². The molecular formula is C17H26N2O6S. The highest BCUT2D eigenvalue weighted by Crippen LogP contribution is 2.19. The molecule has 0 bridgehead atoms. The van der Waals surface area contributed by atoms with Gasteiger partial charge in [0.25, 0.3) is 0 Å². The Kier molecular flexibility index (Phi) is 7.52. The fourth-order valence-corrected chi connectivity index (χ4v) is 4.47. The van der Waals surface area contributed by atoms with Crippen LogP contribution >= 0.6 is 0 Å². The number of hydrogen-bond donors (Lipinski definition) is 1. The Morgan fingerprint density at radius 2 is 1.88 bits per heavy atom. The fourth-order valence-electron chi connectivity index (χ4n) is 2.74. The van der Waals surface area contributed by atoms with Gasteiger partial charge in [0, 0.05) is 19.7 Å². The molecule has 8 nitrogen and oxygen atoms in total. The van der Waals surface area contributed by atoms with Gasteiger partial charge in [0.05, 0.1) is 24.7 Å². The van der Waals surface area contributed by atoms with E-state index in [1.807, 2.05) is 6.92 Å². The maximum atomic E-state index is 12.4. The summed E-state index contributed by atoms with van der Waals surface area (Å²) in [4.78, 5) is 14.0. The summed E-state index contributed by atoms with van der Waals surface area (Å²) in [6.07, 6.45) is 0.444. The molecule has 2 amide bonds. The Morgan fingerprint density at radius 1 is 1.23 bits per heavy atom. The van der Waals surface area contributed by atoms with E-state index in [0.717, 1.165) is 5.75 Å². The van der Waals surface area contributed by atoms with Crippen molar-refractivity contribution in [2.75, 3.05) is 45.1 Å². The molecular weight excluding hydrogens is 360 g/mol. The predicted octanol–water partition coefficient (Wildman–Crippen LogP) is 1.27. The second kappa shape index (κ2) is 9.63. The Morgan fingerprint density at radius 3 is 2.42 bits per heavy atom. The van der Waals surface area contributed by atoms with Crippen molar-refractivity contribution in [3.05, 3.63) is 24.3 Å². The van der Waals surface area contributed by atoms with Crippen LogP contribution in [-0.4, -0.2) is 70.5 Å². The van der Waals surface area contributed by atoms with Gasteiger partial charge >= 0.3 is 6.03 Å². The minimum Gasteiger partial charge on any atom is -0.494 e. The van der Waals surface area contributed by atoms with E-state index in [0.29, 0.717) is 31.9 Å². The molecule has 26 heavy (non-hydrogen) atoms. The molecule has 1 aliphatic heterocycles. The highest BCUT2D eigenvalue weighted by Gasteiger charge is 2.34. The highest BCUT2D eigenvalue weighted by molar-refractivity contribution is 7.91. The lowest BCUT2D eigenvalue weighted by molar-refractivity contribution is 0.129. The molecule has 1 atom stereocenters. The summed E-state index contributed by atoms with van der Waals surface area (Å²) in [5.74, 6) is 1.44. The average Bonchev–Trinajstić information content (AvgIpc) is 2.97. The van der Waals surface area contributed by atoms with Crippen LogP contribution in [0.1, 0.15) is 13.3 Å². The molecule has 1 aliphatic rings. The van der Waals surface area contributed by atoms with Crippen LogP contribution in [-0.2, 0) is 14.6 Å². The lowest BCUT2D eigenvalue weighted by Crippen LogP contribution is -2.49. The molecule has 146 valence electrons. The number of carbonyl (C=O) groups is 1. The van der Waals surface area contributed by atoms with Crippen LogP contribution in [0.5, 0.6) is 11.5 Å². The van der Waals surface area contributed by atoms with Crippen molar-refractivity contribution < 1.29 is 27.4 Å². The second-order valence-electron chi connectivity index (χ2n) is 5.92. The molecule has 0 spiro atoms. The lowest BCUT2D eigenvalue weighted by atomic mass is 10.2. The van der Waals surface area contributed by atoms with E-state index < -0.39 is 9.84 Å². The summed E-state index contributed by atoms with van der Waals surface area (Å²) in [5.41, 5.74) is 0. The van der Waals surface area contributed by atoms with E-state index in [1.165, 1.54) is 12.0 Å². The van der Waals surface area contributed by atoms with Crippen LogP contribution in [0.2, 0.25) is 0 Å². The summed E-state index contributed by atoms with van der Waals surface area (Å²) in [5, 5.41) is 2.67. The minimum atomic E-state index is -3.08. The maximum absolute atomic E-state index is 12.4. The second-order valence-corrected chi connectivity index (χ2v) is 8.15. The topological polar surface area (TPSA) is 94.2 Å². The molecule has 0 aliphatic carbocycles. The van der Waals surface area contributed by atoms with Gasteiger partial charge in [-0.25, -0.2) is 13.2 Å². The van der Waals surface area contributed by atoms with E-state index in [-0.39, 0.29) is 30.3 Å². The third kappa shape index (κ3) is 6.06. The lowest BCUT2D eigenvalue weighted by Gasteiger charge is -2.28. The Hall–Kier alpha value is -2.00. The van der Waals surface area contributed by atoms with Gasteiger partial charge in [-0.05, 0) is 37.6 Å². The van der Waals surface area contributed by atoms with Crippen LogP contribution in [0.3, 0.4) is 0 Å². The zero-order chi connectivity index (χ0) is 19.0. The van der Waals surface area contributed by atoms with Gasteiger partial charge < -0.3 is 24.4 Å². The smallest absolute Gasteiger partial charge is 0.320 e. The molecule has 1 unspecified atom stereocenters. The molecule has 0 aromatic heterocycles. The Bertz CT molecular complexity index is 677. The van der Waals surface area contributed by atoms with Gasteiger partial charge in [-0.2, -0.15) is 0 Å². The maximum Gasteiger partial charge on any atom is 0.320 e. The molecule has 1 aromatic carbocycles. The normalized spacial score (nSPS) is 18.3. The number of benzene rings is 1. The zero-order valence-corrected chi connectivity index (χ0v) is 16.0. The highest BCUT2D eigenvalue weighted by atomic mass is 32.2. The third-order valence-electron chi connectivity index (χ3n) is 4.04. The molecule has 0 radical (unpaired) electrons. The number of carbonyl (C=O) groups excluding carboxylic acids is 1. The fraction of sp³-hybridized carbons (Fsp3) is 0.588. The molecule has 1 N–H and O–H groups in total. The number of rotatable bonds is 9. The van der Waals surface area contributed by atoms with Crippen molar-refractivity contribution in [1.29, 1.82) is 0 Å². The van der Waals surface area contributed by atoms with E-state index in [2.05, 4.69) is 5.32 Å². The largest absolute Gasteiger partial charge is 0.494 e. The van der Waals surface area contributed by atoms with Gasteiger partial charge in [0.15, 0.2) is 16.6 Å². The van der Waals surface area contributed by atoms with Gasteiger partial charge in [-0.15, -0.1) is 0 Å². The van der Waals surface area contributed by atoms with Crippen LogP contribution in [0.15, 0.2) is 24.3 Å². The van der Waals surface area contributed by atoms with Crippen molar-refractivity contribution in [1.82, 2.24) is 10.2 Å². The van der Waals surface area contributed by atoms with E-state index in [1.54, 1.807) is 24.3 Å². The monoisotopic (exact) mass is 386 g/mol. The Balaban J connectivity index is 1.86. The molecule has 1 heterocycles. The minimum absolute atomic E-state index is 0.0100. The van der Waals surface area contributed by atoms with Gasteiger partial charge in [-0.1, -0.05) is 0 Å². The van der Waals surface area contributed by atoms with Crippen LogP contribution in [0, 0.1) is 0 Å². The van der Waals surface area contributed by atoms with E-state index in [4.69, 9.17) is 14.2 Å². The number of ether oxygens (including phenoxy) is 3. The summed E-state index contributed by atoms with van der Waals surface area (Å²) in [7, 11) is -1.54. The van der Waals surface area contributed by atoms with Crippen LogP contribution in [0.25, 0.3) is 0 Å². The number of nitrogens with zero attached hydrogens (tertiary/aromatic N) is 1. The molecule has 1 aromatic rings. The van der Waals surface area contributed by atoms with Gasteiger partial charge in [0.1, 0.15) is 11.5 Å². The molecule has 1 saturated heterocycles. The SMILES string of the molecule is CCOc1ccc(OCNC(=O)N(CCOC)C2CCS(=O)(=O)C2)cc1. The summed E-state index contributed by atoms with van der Waals surface area (Å²) < 4.78 is 39.3. The quantitative estimate of drug-likeness (QED) is 0.642. The van der Waals surface area contributed by atoms with Gasteiger partial charge in [-0.3, -0.25) is 0 Å². The first-order valence-electron chi connectivity index (χ1n) is 8.54. The van der Waals surface area contributed by atoms with E-state index >= 15 is 0 Å². The number of amides is 2. The average molecular weight is 386 g/mol. The molecule has 2 rings (SSSR count). The van der Waals surface area contributed by atoms with Crippen LogP contribution in [0.4, 0.5) is 4.79 Å². The number of urea groups is 1. The molecule has 0 saturated carbocycles. The van der Waals surface area contributed by atoms with Crippen molar-refractivity contribution in [3.8, 4) is 11.5 Å². The molecule has 9 heteroatoms. The molecule has 1 fully saturated rings. The predicted molar refractivity (Wildman–Crippen MR) is 97.3 cm³/mol. The first-order valence-corrected chi connectivity index (χ1v) is 10.4. The van der Waals surface area contributed by atoms with Crippen molar-refractivity contribution >= 4 is 15.9 Å². The number of methoxy groups -OCH3 is 1. The van der Waals surface area contributed by atoms with Crippen LogP contribution < -0.4 is 14.8 Å². The van der Waals surface area contributed by atoms with Crippen molar-refractivity contribution in [3.63, 3.8) is 0 Å². The van der Waals surface area contributed by atoms with Crippen molar-refractivity contribution in [2.24, 2.45) is 0 Å². The van der Waals surface area contributed by atoms with Gasteiger partial charge in [0.2, 0.25) is 0 Å². The summed E-state index contributed by atoms with van der Waals surface area (Å²) in [6.45, 7) is 3.14. The van der Waals surface area contributed by atoms with Crippen molar-refractivity contribution in [2.45, 2.75) is 19.4 Å². The number of hydrogen-bond acceptors (Lipinski definition) is 6. The third-order valence-corrected chi connectivity index (χ3v) is 5.79. The standard InChI is InChI=1S/C17H26N2O6S/c1-3-24-15-4-6-16(7-5-15)25-13-18-17(20)19(9-10-23-2)14-8-11-26(21,22)12-14/h4-7,14H,3,8-13H2,1-2H3,(H,18,20). The number of nitrogens with one attached hydrogen (secondary N) is 1. The summed E-state index contributed by atoms with van der Waals surface area (Å²) >= 11 is 0. The first kappa shape index (κ1) is 20.3. The number of sulfone groups is 1. The summed E-state index contributed by atoms with van der Waals surface area (Å²) in [6, 6.07) is 6.38. The Labute approximate surface area is 154 Å². The first-order chi connectivity index (χ1) is 12.4. The zero-order valence-electron chi connectivity index (χ0n) is 15.1.